The third-order valence-corrected chi connectivity index (χ3v) is 10.3. The molecule has 226 valence electrons. The Hall–Kier alpha value is -2.14. The summed E-state index contributed by atoms with van der Waals surface area (Å²) in [6.07, 6.45) is -10.9. The molecule has 0 aliphatic carbocycles. The molecule has 2 saturated heterocycles. The summed E-state index contributed by atoms with van der Waals surface area (Å²) >= 11 is 2.51. The van der Waals surface area contributed by atoms with Crippen molar-refractivity contribution in [1.82, 2.24) is 0 Å². The van der Waals surface area contributed by atoms with Gasteiger partial charge in [-0.05, 0) is 24.3 Å². The van der Waals surface area contributed by atoms with Crippen molar-refractivity contribution in [3.8, 4) is 0 Å². The monoisotopic (exact) mass is 644 g/mol. The Morgan fingerprint density at radius 2 is 1.38 bits per heavy atom. The van der Waals surface area contributed by atoms with Crippen molar-refractivity contribution < 1.29 is 50.2 Å². The molecule has 0 aromatic heterocycles. The van der Waals surface area contributed by atoms with Crippen LogP contribution in [0.1, 0.15) is 11.9 Å². The summed E-state index contributed by atoms with van der Waals surface area (Å²) in [7, 11) is -6.16. The zero-order valence-corrected chi connectivity index (χ0v) is 24.1. The number of hydrogen-bond donors (Lipinski definition) is 2. The van der Waals surface area contributed by atoms with Crippen molar-refractivity contribution in [2.75, 3.05) is 6.61 Å². The van der Waals surface area contributed by atoms with E-state index in [4.69, 9.17) is 14.2 Å². The van der Waals surface area contributed by atoms with E-state index in [0.29, 0.717) is 5.56 Å². The van der Waals surface area contributed by atoms with E-state index in [1.807, 2.05) is 36.4 Å². The van der Waals surface area contributed by atoms with Crippen LogP contribution in [-0.2, 0) is 28.5 Å². The minimum atomic E-state index is -6.16. The van der Waals surface area contributed by atoms with E-state index >= 15 is 0 Å². The number of hydrogen-bond acceptors (Lipinski definition) is 10. The highest BCUT2D eigenvalue weighted by Gasteiger charge is 2.58. The summed E-state index contributed by atoms with van der Waals surface area (Å²) < 4.78 is 85.9. The van der Waals surface area contributed by atoms with Crippen molar-refractivity contribution >= 4 is 33.6 Å². The number of alkyl halides is 3. The Labute approximate surface area is 249 Å². The Morgan fingerprint density at radius 1 is 0.857 bits per heavy atom. The molecular weight excluding hydrogens is 617 g/mol. The molecule has 2 aliphatic rings. The second-order valence-electron chi connectivity index (χ2n) is 9.49. The summed E-state index contributed by atoms with van der Waals surface area (Å²) in [6, 6.07) is 26.6. The van der Waals surface area contributed by atoms with Gasteiger partial charge in [0, 0.05) is 15.4 Å². The van der Waals surface area contributed by atoms with Crippen molar-refractivity contribution in [2.45, 2.75) is 62.8 Å². The SMILES string of the molecule is O=S(=O)(O[C@@H]1[C@@H](O)[C@H]([C@@H](O)C(Sc2ccccc2)Sc2ccccc2)O[C@@H]2COC(c3ccccc3)O[C@H]12)C(F)(F)F. The van der Waals surface area contributed by atoms with Gasteiger partial charge in [0.05, 0.1) is 11.2 Å². The predicted octanol–water partition coefficient (Wildman–Crippen LogP) is 4.74. The van der Waals surface area contributed by atoms with Gasteiger partial charge < -0.3 is 24.4 Å². The number of thioether (sulfide) groups is 2. The Kier molecular flexibility index (Phi) is 9.86. The first kappa shape index (κ1) is 31.3. The van der Waals surface area contributed by atoms with E-state index in [1.54, 1.807) is 54.6 Å². The van der Waals surface area contributed by atoms with Gasteiger partial charge in [0.15, 0.2) is 6.29 Å². The van der Waals surface area contributed by atoms with Gasteiger partial charge in [-0.25, -0.2) is 0 Å². The molecule has 14 heteroatoms. The highest BCUT2D eigenvalue weighted by molar-refractivity contribution is 8.17. The van der Waals surface area contributed by atoms with Crippen LogP contribution in [0.15, 0.2) is 101 Å². The maximum atomic E-state index is 13.4. The van der Waals surface area contributed by atoms with E-state index < -0.39 is 63.1 Å². The number of fused-ring (bicyclic) bond motifs is 1. The topological polar surface area (TPSA) is 112 Å². The van der Waals surface area contributed by atoms with E-state index in [2.05, 4.69) is 4.18 Å². The molecule has 7 atom stereocenters. The van der Waals surface area contributed by atoms with Crippen LogP contribution >= 0.6 is 23.5 Å². The van der Waals surface area contributed by atoms with Crippen LogP contribution in [0.5, 0.6) is 0 Å². The first-order valence-corrected chi connectivity index (χ1v) is 16.0. The number of rotatable bonds is 9. The van der Waals surface area contributed by atoms with Crippen molar-refractivity contribution in [1.29, 1.82) is 0 Å². The molecule has 5 rings (SSSR count). The normalized spacial score (nSPS) is 27.4. The van der Waals surface area contributed by atoms with Gasteiger partial charge in [-0.1, -0.05) is 66.7 Å². The van der Waals surface area contributed by atoms with E-state index in [1.165, 1.54) is 23.5 Å². The molecule has 2 heterocycles. The predicted molar refractivity (Wildman–Crippen MR) is 149 cm³/mol. The number of halogens is 3. The fraction of sp³-hybridized carbons (Fsp3) is 0.357. The minimum absolute atomic E-state index is 0.228. The summed E-state index contributed by atoms with van der Waals surface area (Å²) in [5.41, 5.74) is -5.24. The molecule has 0 amide bonds. The number of aliphatic hydroxyl groups excluding tert-OH is 2. The molecule has 2 N–H and O–H groups in total. The Morgan fingerprint density at radius 3 is 1.90 bits per heavy atom. The van der Waals surface area contributed by atoms with Crippen LogP contribution in [0.2, 0.25) is 0 Å². The van der Waals surface area contributed by atoms with Gasteiger partial charge in [-0.3, -0.25) is 4.18 Å². The molecule has 3 aromatic carbocycles. The fourth-order valence-corrected chi connectivity index (χ4v) is 7.82. The third kappa shape index (κ3) is 7.14. The standard InChI is InChI=1S/C28H27F3O8S3/c29-28(30,31)42(34,35)39-25-21(32)24(37-20-16-36-26(38-23(20)25)17-10-4-1-5-11-17)22(33)27(40-18-12-6-2-7-13-18)41-19-14-8-3-9-15-19/h1-15,20-27,32-33H,16H2/t20-,21+,22-,23+,24-,25-,26?/m1/s1. The largest absolute Gasteiger partial charge is 0.523 e. The lowest BCUT2D eigenvalue weighted by atomic mass is 9.92. The maximum Gasteiger partial charge on any atom is 0.523 e. The Bertz CT molecular complexity index is 1360. The van der Waals surface area contributed by atoms with Crippen LogP contribution in [0, 0.1) is 0 Å². The molecule has 0 bridgehead atoms. The highest BCUT2D eigenvalue weighted by atomic mass is 32.2. The lowest BCUT2D eigenvalue weighted by Crippen LogP contribution is -2.66. The van der Waals surface area contributed by atoms with Gasteiger partial charge >= 0.3 is 15.6 Å². The van der Waals surface area contributed by atoms with Gasteiger partial charge in [0.2, 0.25) is 0 Å². The lowest BCUT2D eigenvalue weighted by molar-refractivity contribution is -0.331. The summed E-state index contributed by atoms with van der Waals surface area (Å²) in [5, 5.41) is 22.9. The van der Waals surface area contributed by atoms with E-state index in [9.17, 15) is 31.8 Å². The van der Waals surface area contributed by atoms with Crippen molar-refractivity contribution in [3.05, 3.63) is 96.6 Å². The van der Waals surface area contributed by atoms with Gasteiger partial charge in [0.1, 0.15) is 36.6 Å². The quantitative estimate of drug-likeness (QED) is 0.147. The third-order valence-electron chi connectivity index (χ3n) is 6.59. The average molecular weight is 645 g/mol. The van der Waals surface area contributed by atoms with Crippen LogP contribution in [0.4, 0.5) is 13.2 Å². The zero-order valence-electron chi connectivity index (χ0n) is 21.7. The first-order valence-electron chi connectivity index (χ1n) is 12.8. The van der Waals surface area contributed by atoms with Gasteiger partial charge in [-0.15, -0.1) is 23.5 Å². The molecule has 1 unspecified atom stereocenters. The average Bonchev–Trinajstić information content (AvgIpc) is 2.98. The summed E-state index contributed by atoms with van der Waals surface area (Å²) in [5.74, 6) is 0. The fourth-order valence-electron chi connectivity index (χ4n) is 4.58. The maximum absolute atomic E-state index is 13.4. The van der Waals surface area contributed by atoms with E-state index in [0.717, 1.165) is 9.79 Å². The van der Waals surface area contributed by atoms with E-state index in [-0.39, 0.29) is 6.61 Å². The van der Waals surface area contributed by atoms with Crippen LogP contribution in [0.25, 0.3) is 0 Å². The molecule has 2 aliphatic heterocycles. The molecule has 3 aromatic rings. The second-order valence-corrected chi connectivity index (χ2v) is 13.8. The molecule has 0 saturated carbocycles. The molecule has 42 heavy (non-hydrogen) atoms. The molecule has 8 nitrogen and oxygen atoms in total. The van der Waals surface area contributed by atoms with Gasteiger partial charge in [-0.2, -0.15) is 21.6 Å². The summed E-state index contributed by atoms with van der Waals surface area (Å²) in [6.45, 7) is -0.228. The number of ether oxygens (including phenoxy) is 3. The first-order chi connectivity index (χ1) is 20.0. The zero-order chi connectivity index (χ0) is 29.9. The van der Waals surface area contributed by atoms with Crippen LogP contribution < -0.4 is 0 Å². The van der Waals surface area contributed by atoms with Crippen molar-refractivity contribution in [2.24, 2.45) is 0 Å². The van der Waals surface area contributed by atoms with Gasteiger partial charge in [0.25, 0.3) is 0 Å². The minimum Gasteiger partial charge on any atom is -0.388 e. The number of benzene rings is 3. The van der Waals surface area contributed by atoms with Crippen LogP contribution in [0.3, 0.4) is 0 Å². The highest BCUT2D eigenvalue weighted by Crippen LogP contribution is 2.43. The summed E-state index contributed by atoms with van der Waals surface area (Å²) in [4.78, 5) is 1.55. The molecule has 0 spiro atoms. The molecular formula is C28H27F3O8S3. The smallest absolute Gasteiger partial charge is 0.388 e. The number of aliphatic hydroxyl groups is 2. The van der Waals surface area contributed by atoms with Crippen LogP contribution in [-0.4, -0.2) is 72.0 Å². The second kappa shape index (κ2) is 13.2. The molecule has 0 radical (unpaired) electrons. The lowest BCUT2D eigenvalue weighted by Gasteiger charge is -2.49. The molecule has 2 fully saturated rings. The Balaban J connectivity index is 1.45. The van der Waals surface area contributed by atoms with Crippen molar-refractivity contribution in [3.63, 3.8) is 0 Å².